The SMILES string of the molecule is COc1ccc(COC2[C@H](OCc3ccc(OC)c(O)c3)CC(O)(C(=O)O)C[C@H]2OCc2ccc(OC)c(O)c2)cc1O. The standard InChI is InChI=1S/C31H36O12/c1-38-24-7-4-18(10-21(24)32)15-41-27-13-31(37,30(35)36)14-28(42-16-19-5-8-25(39-2)22(33)11-19)29(27)43-17-20-6-9-26(40-3)23(34)12-20/h4-12,27-29,32-34,37H,13-17H2,1-3H3,(H,35,36)/t27-,28-,29?,31?/m1/s1. The highest BCUT2D eigenvalue weighted by Gasteiger charge is 2.51. The van der Waals surface area contributed by atoms with Crippen LogP contribution < -0.4 is 14.2 Å². The number of carboxylic acid groups (broad SMARTS) is 1. The van der Waals surface area contributed by atoms with Crippen molar-refractivity contribution in [3.8, 4) is 34.5 Å². The number of benzene rings is 3. The number of aromatic hydroxyl groups is 3. The smallest absolute Gasteiger partial charge is 0.335 e. The molecule has 1 fully saturated rings. The lowest BCUT2D eigenvalue weighted by Crippen LogP contribution is -2.58. The van der Waals surface area contributed by atoms with E-state index in [4.69, 9.17) is 28.4 Å². The zero-order chi connectivity index (χ0) is 31.1. The van der Waals surface area contributed by atoms with E-state index in [0.717, 1.165) is 0 Å². The Kier molecular flexibility index (Phi) is 10.2. The summed E-state index contributed by atoms with van der Waals surface area (Å²) in [6.45, 7) is -0.0829. The third kappa shape index (κ3) is 7.59. The maximum Gasteiger partial charge on any atom is 0.335 e. The molecule has 0 aromatic heterocycles. The second kappa shape index (κ2) is 13.8. The van der Waals surface area contributed by atoms with E-state index in [9.17, 15) is 30.3 Å². The summed E-state index contributed by atoms with van der Waals surface area (Å²) in [5.41, 5.74) is -0.423. The first-order valence-electron chi connectivity index (χ1n) is 13.4. The number of rotatable bonds is 13. The van der Waals surface area contributed by atoms with Gasteiger partial charge in [0.25, 0.3) is 0 Å². The number of ether oxygens (including phenoxy) is 6. The van der Waals surface area contributed by atoms with Crippen LogP contribution >= 0.6 is 0 Å². The molecule has 43 heavy (non-hydrogen) atoms. The van der Waals surface area contributed by atoms with Crippen molar-refractivity contribution in [1.29, 1.82) is 0 Å². The summed E-state index contributed by atoms with van der Waals surface area (Å²) in [5, 5.41) is 51.6. The molecule has 1 aliphatic carbocycles. The number of aliphatic hydroxyl groups is 1. The first kappa shape index (κ1) is 31.7. The molecule has 0 bridgehead atoms. The Morgan fingerprint density at radius 1 is 0.674 bits per heavy atom. The van der Waals surface area contributed by atoms with Gasteiger partial charge in [-0.2, -0.15) is 0 Å². The number of aliphatic carboxylic acids is 1. The molecule has 0 radical (unpaired) electrons. The maximum absolute atomic E-state index is 12.2. The third-order valence-corrected chi connectivity index (χ3v) is 7.31. The van der Waals surface area contributed by atoms with Crippen molar-refractivity contribution in [1.82, 2.24) is 0 Å². The Hall–Kier alpha value is -4.23. The van der Waals surface area contributed by atoms with Gasteiger partial charge < -0.3 is 54.0 Å². The van der Waals surface area contributed by atoms with Crippen LogP contribution in [0.3, 0.4) is 0 Å². The highest BCUT2D eigenvalue weighted by Crippen LogP contribution is 2.37. The summed E-state index contributed by atoms with van der Waals surface area (Å²) in [6, 6.07) is 14.2. The van der Waals surface area contributed by atoms with Gasteiger partial charge in [0.05, 0.1) is 53.4 Å². The van der Waals surface area contributed by atoms with E-state index < -0.39 is 29.9 Å². The monoisotopic (exact) mass is 600 g/mol. The predicted octanol–water partition coefficient (Wildman–Crippen LogP) is 3.49. The molecule has 0 heterocycles. The van der Waals surface area contributed by atoms with Gasteiger partial charge >= 0.3 is 5.97 Å². The molecule has 232 valence electrons. The van der Waals surface area contributed by atoms with Crippen LogP contribution in [0.1, 0.15) is 29.5 Å². The zero-order valence-electron chi connectivity index (χ0n) is 24.1. The van der Waals surface area contributed by atoms with Crippen molar-refractivity contribution in [2.45, 2.75) is 56.6 Å². The van der Waals surface area contributed by atoms with Crippen LogP contribution in [0.15, 0.2) is 54.6 Å². The first-order chi connectivity index (χ1) is 20.6. The average Bonchev–Trinajstić information content (AvgIpc) is 2.98. The molecule has 5 N–H and O–H groups in total. The van der Waals surface area contributed by atoms with E-state index in [2.05, 4.69) is 0 Å². The minimum Gasteiger partial charge on any atom is -0.504 e. The van der Waals surface area contributed by atoms with Gasteiger partial charge in [-0.3, -0.25) is 0 Å². The molecule has 1 saturated carbocycles. The van der Waals surface area contributed by atoms with E-state index in [1.807, 2.05) is 0 Å². The zero-order valence-corrected chi connectivity index (χ0v) is 24.1. The molecule has 1 aliphatic rings. The lowest BCUT2D eigenvalue weighted by molar-refractivity contribution is -0.218. The van der Waals surface area contributed by atoms with Gasteiger partial charge in [0.1, 0.15) is 6.10 Å². The molecule has 12 nitrogen and oxygen atoms in total. The number of methoxy groups -OCH3 is 3. The second-order valence-electron chi connectivity index (χ2n) is 10.2. The molecule has 3 aromatic rings. The fourth-order valence-corrected chi connectivity index (χ4v) is 4.99. The number of carboxylic acids is 1. The number of phenolic OH excluding ortho intramolecular Hbond substituents is 3. The molecular formula is C31H36O12. The summed E-state index contributed by atoms with van der Waals surface area (Å²) in [5.74, 6) is -0.840. The van der Waals surface area contributed by atoms with E-state index in [-0.39, 0.29) is 61.4 Å². The van der Waals surface area contributed by atoms with Crippen molar-refractivity contribution < 1.29 is 58.7 Å². The van der Waals surface area contributed by atoms with Crippen LogP contribution in [0.2, 0.25) is 0 Å². The van der Waals surface area contributed by atoms with Crippen molar-refractivity contribution in [3.05, 3.63) is 71.3 Å². The van der Waals surface area contributed by atoms with Gasteiger partial charge in [-0.15, -0.1) is 0 Å². The summed E-state index contributed by atoms with van der Waals surface area (Å²) >= 11 is 0. The molecule has 0 spiro atoms. The van der Waals surface area contributed by atoms with Gasteiger partial charge in [-0.05, 0) is 53.1 Å². The van der Waals surface area contributed by atoms with Crippen LogP contribution in [0, 0.1) is 0 Å². The van der Waals surface area contributed by atoms with Crippen LogP contribution in [0.25, 0.3) is 0 Å². The first-order valence-corrected chi connectivity index (χ1v) is 13.4. The van der Waals surface area contributed by atoms with E-state index >= 15 is 0 Å². The van der Waals surface area contributed by atoms with Gasteiger partial charge in [0, 0.05) is 12.8 Å². The Labute approximate surface area is 248 Å². The minimum atomic E-state index is -2.18. The van der Waals surface area contributed by atoms with Gasteiger partial charge in [-0.25, -0.2) is 4.79 Å². The van der Waals surface area contributed by atoms with Crippen LogP contribution in [0.5, 0.6) is 34.5 Å². The molecule has 0 amide bonds. The molecule has 3 aromatic carbocycles. The molecule has 0 aliphatic heterocycles. The van der Waals surface area contributed by atoms with Gasteiger partial charge in [0.15, 0.2) is 40.1 Å². The Morgan fingerprint density at radius 2 is 1.02 bits per heavy atom. The summed E-state index contributed by atoms with van der Waals surface area (Å²) < 4.78 is 33.8. The molecule has 0 unspecified atom stereocenters. The van der Waals surface area contributed by atoms with Crippen LogP contribution in [0.4, 0.5) is 0 Å². The van der Waals surface area contributed by atoms with Gasteiger partial charge in [0.2, 0.25) is 0 Å². The van der Waals surface area contributed by atoms with Crippen LogP contribution in [-0.2, 0) is 38.8 Å². The van der Waals surface area contributed by atoms with Crippen molar-refractivity contribution in [2.24, 2.45) is 0 Å². The fourth-order valence-electron chi connectivity index (χ4n) is 4.99. The third-order valence-electron chi connectivity index (χ3n) is 7.31. The summed E-state index contributed by atoms with van der Waals surface area (Å²) in [4.78, 5) is 12.2. The Bertz CT molecular complexity index is 1340. The predicted molar refractivity (Wildman–Crippen MR) is 152 cm³/mol. The fraction of sp³-hybridized carbons (Fsp3) is 0.387. The molecule has 2 atom stereocenters. The van der Waals surface area contributed by atoms with Crippen molar-refractivity contribution in [3.63, 3.8) is 0 Å². The van der Waals surface area contributed by atoms with E-state index in [1.165, 1.54) is 39.5 Å². The molecule has 4 rings (SSSR count). The topological polar surface area (TPSA) is 174 Å². The molecule has 12 heteroatoms. The minimum absolute atomic E-state index is 0.0000882. The average molecular weight is 601 g/mol. The normalized spacial score (nSPS) is 21.7. The van der Waals surface area contributed by atoms with E-state index in [1.54, 1.807) is 36.4 Å². The van der Waals surface area contributed by atoms with Crippen molar-refractivity contribution in [2.75, 3.05) is 21.3 Å². The number of phenols is 3. The van der Waals surface area contributed by atoms with E-state index in [0.29, 0.717) is 22.4 Å². The second-order valence-corrected chi connectivity index (χ2v) is 10.2. The summed E-state index contributed by atoms with van der Waals surface area (Å²) in [6.07, 6.45) is -3.37. The lowest BCUT2D eigenvalue weighted by atomic mass is 9.79. The van der Waals surface area contributed by atoms with Gasteiger partial charge in [-0.1, -0.05) is 18.2 Å². The highest BCUT2D eigenvalue weighted by atomic mass is 16.6. The Morgan fingerprint density at radius 3 is 1.33 bits per heavy atom. The summed E-state index contributed by atoms with van der Waals surface area (Å²) in [7, 11) is 4.29. The Balaban J connectivity index is 1.60. The maximum atomic E-state index is 12.2. The number of hydrogen-bond donors (Lipinski definition) is 5. The highest BCUT2D eigenvalue weighted by molar-refractivity contribution is 5.77. The quantitative estimate of drug-likeness (QED) is 0.194. The number of carbonyl (C=O) groups is 1. The van der Waals surface area contributed by atoms with Crippen LogP contribution in [-0.4, -0.2) is 76.7 Å². The lowest BCUT2D eigenvalue weighted by Gasteiger charge is -2.43. The number of hydrogen-bond acceptors (Lipinski definition) is 11. The molecule has 0 saturated heterocycles. The molecular weight excluding hydrogens is 564 g/mol. The largest absolute Gasteiger partial charge is 0.504 e. The van der Waals surface area contributed by atoms with Crippen molar-refractivity contribution >= 4 is 5.97 Å².